The molecule has 5 heterocycles. The van der Waals surface area contributed by atoms with Gasteiger partial charge in [0, 0.05) is 37.9 Å². The van der Waals surface area contributed by atoms with E-state index in [0.29, 0.717) is 71.1 Å². The number of rotatable bonds is 16. The third kappa shape index (κ3) is 7.62. The predicted molar refractivity (Wildman–Crippen MR) is 208 cm³/mol. The minimum atomic E-state index is -0.688. The average Bonchev–Trinajstić information content (AvgIpc) is 3.90. The molecule has 0 saturated carbocycles. The third-order valence-electron chi connectivity index (χ3n) is 8.88. The summed E-state index contributed by atoms with van der Waals surface area (Å²) >= 11 is 0. The zero-order valence-electron chi connectivity index (χ0n) is 31.4. The Morgan fingerprint density at radius 2 is 1.46 bits per heavy atom. The fraction of sp³-hybridized carbons (Fsp3) is 0.306. The van der Waals surface area contributed by atoms with Crippen LogP contribution in [0, 0.1) is 13.8 Å². The maximum Gasteiger partial charge on any atom is 0.278 e. The summed E-state index contributed by atoms with van der Waals surface area (Å²) in [5, 5.41) is 14.4. The van der Waals surface area contributed by atoms with Gasteiger partial charge in [-0.05, 0) is 64.9 Å². The average molecular weight is 766 g/mol. The predicted octanol–water partition coefficient (Wildman–Crippen LogP) is 2.10. The number of nitrogen functional groups attached to an aromatic ring is 1. The van der Waals surface area contributed by atoms with Crippen molar-refractivity contribution in [2.24, 2.45) is 17.2 Å². The van der Waals surface area contributed by atoms with Gasteiger partial charge in [-0.15, -0.1) is 0 Å². The molecule has 0 saturated heterocycles. The van der Waals surface area contributed by atoms with Gasteiger partial charge in [0.25, 0.3) is 11.8 Å². The Kier molecular flexibility index (Phi) is 11.1. The Labute approximate surface area is 319 Å². The Morgan fingerprint density at radius 3 is 2.14 bits per heavy atom. The fourth-order valence-electron chi connectivity index (χ4n) is 6.15. The van der Waals surface area contributed by atoms with E-state index in [1.807, 2.05) is 19.9 Å². The van der Waals surface area contributed by atoms with Gasteiger partial charge in [-0.1, -0.05) is 12.2 Å². The van der Waals surface area contributed by atoms with Crippen LogP contribution in [-0.2, 0) is 26.2 Å². The first kappa shape index (κ1) is 38.6. The number of carbonyl (C=O) groups excluding carboxylic acids is 4. The number of hydrogen-bond donors (Lipinski definition) is 6. The number of nitrogens with zero attached hydrogens (tertiary/aromatic N) is 9. The number of carbonyl (C=O) groups is 4. The third-order valence-corrected chi connectivity index (χ3v) is 8.88. The van der Waals surface area contributed by atoms with Gasteiger partial charge >= 0.3 is 0 Å². The number of amides is 4. The molecule has 0 aliphatic carbocycles. The molecule has 4 amide bonds. The number of benzene rings is 1. The van der Waals surface area contributed by atoms with Gasteiger partial charge in [0.15, 0.2) is 5.65 Å². The molecule has 292 valence electrons. The summed E-state index contributed by atoms with van der Waals surface area (Å²) in [6.07, 6.45) is 5.48. The molecule has 20 heteroatoms. The molecule has 5 aromatic heterocycles. The van der Waals surface area contributed by atoms with Gasteiger partial charge in [-0.3, -0.25) is 43.7 Å². The summed E-state index contributed by atoms with van der Waals surface area (Å²) in [6, 6.07) is 6.21. The van der Waals surface area contributed by atoms with Crippen LogP contribution in [0.4, 0.5) is 17.6 Å². The lowest BCUT2D eigenvalue weighted by molar-refractivity contribution is 0.0991. The number of aromatic nitrogens is 9. The van der Waals surface area contributed by atoms with Crippen LogP contribution < -0.4 is 38.3 Å². The summed E-state index contributed by atoms with van der Waals surface area (Å²) in [4.78, 5) is 65.1. The zero-order valence-corrected chi connectivity index (χ0v) is 31.4. The van der Waals surface area contributed by atoms with Crippen LogP contribution in [0.5, 0.6) is 5.75 Å². The lowest BCUT2D eigenvalue weighted by Crippen LogP contribution is -2.21. The molecule has 0 bridgehead atoms. The van der Waals surface area contributed by atoms with Gasteiger partial charge < -0.3 is 32.2 Å². The van der Waals surface area contributed by atoms with Crippen molar-refractivity contribution in [2.75, 3.05) is 29.5 Å². The summed E-state index contributed by atoms with van der Waals surface area (Å²) < 4.78 is 12.5. The van der Waals surface area contributed by atoms with E-state index in [2.05, 4.69) is 35.8 Å². The molecule has 0 fully saturated rings. The van der Waals surface area contributed by atoms with Crippen LogP contribution in [0.25, 0.3) is 22.2 Å². The lowest BCUT2D eigenvalue weighted by Gasteiger charge is -2.13. The molecule has 1 aromatic carbocycles. The fourth-order valence-corrected chi connectivity index (χ4v) is 6.15. The number of nitrogens with two attached hydrogens (primary N) is 4. The number of allylic oxidation sites excluding steroid dienone is 2. The van der Waals surface area contributed by atoms with Gasteiger partial charge in [0.2, 0.25) is 23.7 Å². The highest BCUT2D eigenvalue weighted by Crippen LogP contribution is 2.32. The molecule has 20 nitrogen and oxygen atoms in total. The molecule has 0 spiro atoms. The SMILES string of the molecule is CCn1nc(C)cc1C(=O)Nc1nc2cc(C(N)=O)cnc2n1C/C=C/Cn1c(NC(=O)c2c(N)c(C)nn2CC)nc2cc(C(N)=O)cc(OCCCN)c21. The highest BCUT2D eigenvalue weighted by atomic mass is 16.5. The van der Waals surface area contributed by atoms with Crippen molar-refractivity contribution in [3.8, 4) is 5.75 Å². The molecular weight excluding hydrogens is 722 g/mol. The molecule has 0 aliphatic heterocycles. The smallest absolute Gasteiger partial charge is 0.278 e. The maximum atomic E-state index is 13.7. The highest BCUT2D eigenvalue weighted by Gasteiger charge is 2.24. The molecular formula is C36H43N15O5. The number of primary amides is 2. The summed E-state index contributed by atoms with van der Waals surface area (Å²) in [7, 11) is 0. The van der Waals surface area contributed by atoms with E-state index in [4.69, 9.17) is 27.7 Å². The Bertz CT molecular complexity index is 2520. The van der Waals surface area contributed by atoms with Crippen molar-refractivity contribution >= 4 is 63.4 Å². The maximum absolute atomic E-state index is 13.7. The molecule has 6 rings (SSSR count). The molecule has 6 aromatic rings. The van der Waals surface area contributed by atoms with Crippen molar-refractivity contribution in [1.29, 1.82) is 0 Å². The van der Waals surface area contributed by atoms with Crippen LogP contribution >= 0.6 is 0 Å². The number of ether oxygens (including phenoxy) is 1. The number of anilines is 3. The van der Waals surface area contributed by atoms with Crippen molar-refractivity contribution in [3.05, 3.63) is 76.5 Å². The standard InChI is InChI=1S/C36H43N15O5/c1-5-50-25(14-19(3)46-50)33(54)44-36-43-24-16-22(31(40)53)18-41-32(24)49(36)12-8-7-11-48-28-23(15-21(30(39)52)17-26(28)56-13-9-10-37)42-35(48)45-34(55)29-27(38)20(4)47-51(29)6-2/h7-8,14-18H,5-6,9-13,37-38H2,1-4H3,(H2,39,52)(H2,40,53)(H,42,45,55)(H,43,44,54)/b8-7+. The van der Waals surface area contributed by atoms with Gasteiger partial charge in [0.1, 0.15) is 28.2 Å². The lowest BCUT2D eigenvalue weighted by atomic mass is 10.1. The molecule has 0 aliphatic rings. The second kappa shape index (κ2) is 16.1. The summed E-state index contributed by atoms with van der Waals surface area (Å²) in [5.74, 6) is -1.74. The number of nitrogens with one attached hydrogen (secondary N) is 2. The molecule has 56 heavy (non-hydrogen) atoms. The van der Waals surface area contributed by atoms with E-state index < -0.39 is 23.6 Å². The first-order valence-electron chi connectivity index (χ1n) is 17.8. The van der Waals surface area contributed by atoms with Crippen LogP contribution in [-0.4, -0.2) is 80.4 Å². The normalized spacial score (nSPS) is 11.5. The number of imidazole rings is 2. The largest absolute Gasteiger partial charge is 0.491 e. The molecule has 0 radical (unpaired) electrons. The minimum absolute atomic E-state index is 0.130. The Hall–Kier alpha value is -7.09. The first-order chi connectivity index (χ1) is 26.8. The summed E-state index contributed by atoms with van der Waals surface area (Å²) in [6.45, 7) is 9.01. The number of hydrogen-bond acceptors (Lipinski definition) is 12. The monoisotopic (exact) mass is 765 g/mol. The number of aryl methyl sites for hydroxylation is 4. The van der Waals surface area contributed by atoms with Crippen molar-refractivity contribution < 1.29 is 23.9 Å². The quantitative estimate of drug-likeness (QED) is 0.0610. The van der Waals surface area contributed by atoms with Gasteiger partial charge in [-0.25, -0.2) is 15.0 Å². The second-order valence-electron chi connectivity index (χ2n) is 12.7. The molecule has 0 atom stereocenters. The Morgan fingerprint density at radius 1 is 0.821 bits per heavy atom. The van der Waals surface area contributed by atoms with E-state index in [0.717, 1.165) is 0 Å². The highest BCUT2D eigenvalue weighted by molar-refractivity contribution is 6.07. The van der Waals surface area contributed by atoms with E-state index in [1.165, 1.54) is 29.1 Å². The van der Waals surface area contributed by atoms with Gasteiger partial charge in [-0.2, -0.15) is 10.2 Å². The van der Waals surface area contributed by atoms with Gasteiger partial charge in [0.05, 0.1) is 34.8 Å². The topological polar surface area (TPSA) is 290 Å². The molecule has 10 N–H and O–H groups in total. The van der Waals surface area contributed by atoms with Crippen LogP contribution in [0.1, 0.15) is 73.3 Å². The van der Waals surface area contributed by atoms with E-state index in [9.17, 15) is 19.2 Å². The number of pyridine rings is 1. The zero-order chi connectivity index (χ0) is 40.3. The van der Waals surface area contributed by atoms with Crippen molar-refractivity contribution in [1.82, 2.24) is 43.6 Å². The van der Waals surface area contributed by atoms with Crippen LogP contribution in [0.2, 0.25) is 0 Å². The number of fused-ring (bicyclic) bond motifs is 2. The van der Waals surface area contributed by atoms with Crippen LogP contribution in [0.3, 0.4) is 0 Å². The second-order valence-corrected chi connectivity index (χ2v) is 12.7. The van der Waals surface area contributed by atoms with Crippen molar-refractivity contribution in [3.63, 3.8) is 0 Å². The minimum Gasteiger partial charge on any atom is -0.491 e. The summed E-state index contributed by atoms with van der Waals surface area (Å²) in [5.41, 5.74) is 26.9. The van der Waals surface area contributed by atoms with Crippen molar-refractivity contribution in [2.45, 2.75) is 60.3 Å². The van der Waals surface area contributed by atoms with E-state index in [-0.39, 0.29) is 54.1 Å². The van der Waals surface area contributed by atoms with E-state index in [1.54, 1.807) is 39.8 Å². The van der Waals surface area contributed by atoms with Crippen LogP contribution in [0.15, 0.2) is 42.6 Å². The first-order valence-corrected chi connectivity index (χ1v) is 17.8. The Balaban J connectivity index is 1.39. The molecule has 0 unspecified atom stereocenters. The van der Waals surface area contributed by atoms with E-state index >= 15 is 0 Å².